The third-order valence-corrected chi connectivity index (χ3v) is 2.41. The summed E-state index contributed by atoms with van der Waals surface area (Å²) in [4.78, 5) is 7.90. The summed E-state index contributed by atoms with van der Waals surface area (Å²) >= 11 is 0. The van der Waals surface area contributed by atoms with Crippen molar-refractivity contribution in [2.75, 3.05) is 25.7 Å². The second kappa shape index (κ2) is 5.87. The summed E-state index contributed by atoms with van der Waals surface area (Å²) < 4.78 is 15.8. The molecule has 2 rings (SSSR count). The first-order valence-electron chi connectivity index (χ1n) is 5.60. The minimum Gasteiger partial charge on any atom is -0.493 e. The van der Waals surface area contributed by atoms with E-state index in [2.05, 4.69) is 20.2 Å². The van der Waals surface area contributed by atoms with Crippen LogP contribution in [0, 0.1) is 0 Å². The number of nitrogens with two attached hydrogens (primary N) is 2. The fourth-order valence-corrected chi connectivity index (χ4v) is 1.53. The molecule has 0 amide bonds. The molecule has 2 heterocycles. The van der Waals surface area contributed by atoms with Crippen LogP contribution in [-0.2, 0) is 6.61 Å². The molecule has 0 saturated carbocycles. The molecule has 0 aromatic carbocycles. The van der Waals surface area contributed by atoms with Crippen LogP contribution < -0.4 is 25.7 Å². The number of methoxy groups -OCH3 is 2. The SMILES string of the molecule is COc1ccnc(COc2nnc(N)nc2N)c1OC. The van der Waals surface area contributed by atoms with E-state index < -0.39 is 0 Å². The van der Waals surface area contributed by atoms with Crippen molar-refractivity contribution in [1.29, 1.82) is 0 Å². The quantitative estimate of drug-likeness (QED) is 0.777. The van der Waals surface area contributed by atoms with E-state index >= 15 is 0 Å². The van der Waals surface area contributed by atoms with Gasteiger partial charge in [0.05, 0.1) is 14.2 Å². The Kier molecular flexibility index (Phi) is 3.99. The van der Waals surface area contributed by atoms with Crippen molar-refractivity contribution >= 4 is 11.8 Å². The summed E-state index contributed by atoms with van der Waals surface area (Å²) in [6.45, 7) is 0.0743. The maximum Gasteiger partial charge on any atom is 0.277 e. The van der Waals surface area contributed by atoms with Gasteiger partial charge in [0.2, 0.25) is 5.95 Å². The Bertz CT molecular complexity index is 607. The zero-order valence-corrected chi connectivity index (χ0v) is 11.0. The number of ether oxygens (including phenoxy) is 3. The van der Waals surface area contributed by atoms with Gasteiger partial charge >= 0.3 is 0 Å². The largest absolute Gasteiger partial charge is 0.493 e. The molecule has 0 unspecified atom stereocenters. The first-order chi connectivity index (χ1) is 9.65. The van der Waals surface area contributed by atoms with E-state index in [4.69, 9.17) is 25.7 Å². The molecule has 0 fully saturated rings. The number of rotatable bonds is 5. The molecule has 0 aliphatic rings. The fourth-order valence-electron chi connectivity index (χ4n) is 1.53. The van der Waals surface area contributed by atoms with Crippen molar-refractivity contribution in [2.24, 2.45) is 0 Å². The lowest BCUT2D eigenvalue weighted by Crippen LogP contribution is -2.08. The Balaban J connectivity index is 2.18. The summed E-state index contributed by atoms with van der Waals surface area (Å²) in [7, 11) is 3.05. The van der Waals surface area contributed by atoms with E-state index in [9.17, 15) is 0 Å². The molecule has 9 nitrogen and oxygen atoms in total. The van der Waals surface area contributed by atoms with E-state index in [1.165, 1.54) is 14.2 Å². The number of anilines is 2. The van der Waals surface area contributed by atoms with Crippen LogP contribution in [0.2, 0.25) is 0 Å². The van der Waals surface area contributed by atoms with Crippen molar-refractivity contribution < 1.29 is 14.2 Å². The lowest BCUT2D eigenvalue weighted by Gasteiger charge is -2.12. The zero-order valence-electron chi connectivity index (χ0n) is 11.0. The average molecular weight is 278 g/mol. The van der Waals surface area contributed by atoms with Crippen LogP contribution in [0.3, 0.4) is 0 Å². The molecule has 9 heteroatoms. The first kappa shape index (κ1) is 13.6. The molecule has 0 radical (unpaired) electrons. The molecule has 0 spiro atoms. The highest BCUT2D eigenvalue weighted by atomic mass is 16.5. The maximum atomic E-state index is 5.62. The summed E-state index contributed by atoms with van der Waals surface area (Å²) in [6.07, 6.45) is 1.58. The molecule has 0 bridgehead atoms. The monoisotopic (exact) mass is 278 g/mol. The van der Waals surface area contributed by atoms with E-state index in [-0.39, 0.29) is 24.3 Å². The molecule has 20 heavy (non-hydrogen) atoms. The van der Waals surface area contributed by atoms with Crippen LogP contribution in [0.25, 0.3) is 0 Å². The molecule has 4 N–H and O–H groups in total. The number of nitrogen functional groups attached to an aromatic ring is 2. The predicted molar refractivity (Wildman–Crippen MR) is 70.3 cm³/mol. The molecule has 0 aliphatic carbocycles. The molecule has 2 aromatic heterocycles. The smallest absolute Gasteiger partial charge is 0.277 e. The summed E-state index contributed by atoms with van der Waals surface area (Å²) in [5, 5.41) is 7.27. The zero-order chi connectivity index (χ0) is 14.5. The molecule has 106 valence electrons. The number of hydrogen-bond donors (Lipinski definition) is 2. The average Bonchev–Trinajstić information content (AvgIpc) is 2.45. The minimum absolute atomic E-state index is 0.0214. The van der Waals surface area contributed by atoms with Crippen LogP contribution in [0.5, 0.6) is 17.4 Å². The van der Waals surface area contributed by atoms with Gasteiger partial charge in [-0.25, -0.2) is 0 Å². The summed E-state index contributed by atoms with van der Waals surface area (Å²) in [5.74, 6) is 1.14. The Morgan fingerprint density at radius 2 is 1.95 bits per heavy atom. The van der Waals surface area contributed by atoms with Crippen molar-refractivity contribution in [3.8, 4) is 17.4 Å². The van der Waals surface area contributed by atoms with Crippen LogP contribution in [0.1, 0.15) is 5.69 Å². The molecular weight excluding hydrogens is 264 g/mol. The van der Waals surface area contributed by atoms with Gasteiger partial charge in [0, 0.05) is 12.3 Å². The fraction of sp³-hybridized carbons (Fsp3) is 0.273. The molecule has 0 atom stereocenters. The number of pyridine rings is 1. The maximum absolute atomic E-state index is 5.62. The third-order valence-electron chi connectivity index (χ3n) is 2.41. The van der Waals surface area contributed by atoms with E-state index in [0.717, 1.165) is 0 Å². The number of hydrogen-bond acceptors (Lipinski definition) is 9. The third kappa shape index (κ3) is 2.76. The van der Waals surface area contributed by atoms with E-state index in [0.29, 0.717) is 17.2 Å². The van der Waals surface area contributed by atoms with Crippen LogP contribution in [-0.4, -0.2) is 34.4 Å². The minimum atomic E-state index is -0.0214. The lowest BCUT2D eigenvalue weighted by molar-refractivity contribution is 0.273. The Hall–Kier alpha value is -2.84. The van der Waals surface area contributed by atoms with Crippen molar-refractivity contribution in [1.82, 2.24) is 20.2 Å². The van der Waals surface area contributed by atoms with Gasteiger partial charge in [0.25, 0.3) is 5.88 Å². The highest BCUT2D eigenvalue weighted by Gasteiger charge is 2.13. The van der Waals surface area contributed by atoms with Crippen LogP contribution in [0.15, 0.2) is 12.3 Å². The normalized spacial score (nSPS) is 10.1. The predicted octanol–water partition coefficient (Wildman–Crippen LogP) is 0.0272. The van der Waals surface area contributed by atoms with Gasteiger partial charge in [-0.1, -0.05) is 0 Å². The first-order valence-corrected chi connectivity index (χ1v) is 5.60. The lowest BCUT2D eigenvalue weighted by atomic mass is 10.3. The van der Waals surface area contributed by atoms with Crippen molar-refractivity contribution in [2.45, 2.75) is 6.61 Å². The highest BCUT2D eigenvalue weighted by Crippen LogP contribution is 2.29. The second-order valence-electron chi connectivity index (χ2n) is 3.64. The molecule has 2 aromatic rings. The number of nitrogens with zero attached hydrogens (tertiary/aromatic N) is 4. The van der Waals surface area contributed by atoms with Gasteiger partial charge < -0.3 is 25.7 Å². The van der Waals surface area contributed by atoms with E-state index in [1.54, 1.807) is 12.3 Å². The Morgan fingerprint density at radius 1 is 1.15 bits per heavy atom. The Labute approximate surface area is 114 Å². The number of aromatic nitrogens is 4. The van der Waals surface area contributed by atoms with Crippen molar-refractivity contribution in [3.63, 3.8) is 0 Å². The second-order valence-corrected chi connectivity index (χ2v) is 3.64. The van der Waals surface area contributed by atoms with Gasteiger partial charge in [-0.05, 0) is 0 Å². The Morgan fingerprint density at radius 3 is 2.60 bits per heavy atom. The van der Waals surface area contributed by atoms with Gasteiger partial charge in [-0.15, -0.1) is 10.2 Å². The van der Waals surface area contributed by atoms with Gasteiger partial charge in [-0.3, -0.25) is 4.98 Å². The van der Waals surface area contributed by atoms with Crippen molar-refractivity contribution in [3.05, 3.63) is 18.0 Å². The van der Waals surface area contributed by atoms with Gasteiger partial charge in [-0.2, -0.15) is 4.98 Å². The standard InChI is InChI=1S/C11H14N6O3/c1-18-7-3-4-14-6(8(7)19-2)5-20-10-9(12)15-11(13)17-16-10/h3-4H,5H2,1-2H3,(H4,12,13,15,17). The van der Waals surface area contributed by atoms with E-state index in [1.807, 2.05) is 0 Å². The van der Waals surface area contributed by atoms with Crippen LogP contribution in [0.4, 0.5) is 11.8 Å². The molecule has 0 aliphatic heterocycles. The molecular formula is C11H14N6O3. The summed E-state index contributed by atoms with van der Waals surface area (Å²) in [5.41, 5.74) is 11.5. The van der Waals surface area contributed by atoms with Crippen LogP contribution >= 0.6 is 0 Å². The topological polar surface area (TPSA) is 131 Å². The van der Waals surface area contributed by atoms with Gasteiger partial charge in [0.15, 0.2) is 17.3 Å². The summed E-state index contributed by atoms with van der Waals surface area (Å²) in [6, 6.07) is 1.68. The molecule has 0 saturated heterocycles. The highest BCUT2D eigenvalue weighted by molar-refractivity contribution is 5.44. The van der Waals surface area contributed by atoms with Gasteiger partial charge in [0.1, 0.15) is 12.3 Å².